The molecule has 0 atom stereocenters. The summed E-state index contributed by atoms with van der Waals surface area (Å²) in [5, 5.41) is 0. The molecule has 0 saturated carbocycles. The number of Topliss-reactive ketones (excluding diaryl/α,β-unsaturated/α-hetero) is 1. The first kappa shape index (κ1) is 13.4. The highest BCUT2D eigenvalue weighted by Gasteiger charge is 2.27. The van der Waals surface area contributed by atoms with Crippen LogP contribution in [0.1, 0.15) is 22.8 Å². The van der Waals surface area contributed by atoms with E-state index in [-0.39, 0.29) is 25.6 Å². The summed E-state index contributed by atoms with van der Waals surface area (Å²) in [4.78, 5) is 23.5. The summed E-state index contributed by atoms with van der Waals surface area (Å²) in [5.41, 5.74) is 0.708. The van der Waals surface area contributed by atoms with Crippen molar-refractivity contribution >= 4 is 11.8 Å². The van der Waals surface area contributed by atoms with Crippen molar-refractivity contribution in [2.45, 2.75) is 13.5 Å². The zero-order valence-electron chi connectivity index (χ0n) is 10.7. The van der Waals surface area contributed by atoms with E-state index in [1.165, 1.54) is 13.2 Å². The van der Waals surface area contributed by atoms with E-state index in [1.54, 1.807) is 13.0 Å². The number of hydrogen-bond acceptors (Lipinski definition) is 6. The maximum Gasteiger partial charge on any atom is 0.379 e. The standard InChI is InChI=1S/C13H14O6/c1-3-17-13(15)11(14)8-4-5-10-12(19-7-18-10)9(8)6-16-2/h4-5H,3,6-7H2,1-2H3. The predicted octanol–water partition coefficient (Wildman–Crippen LogP) is 1.31. The molecule has 1 aliphatic heterocycles. The van der Waals surface area contributed by atoms with Gasteiger partial charge in [0.15, 0.2) is 11.5 Å². The fourth-order valence-electron chi connectivity index (χ4n) is 1.84. The zero-order chi connectivity index (χ0) is 13.8. The smallest absolute Gasteiger partial charge is 0.379 e. The summed E-state index contributed by atoms with van der Waals surface area (Å²) < 4.78 is 20.3. The molecular formula is C13H14O6. The van der Waals surface area contributed by atoms with Gasteiger partial charge in [0.05, 0.1) is 13.2 Å². The summed E-state index contributed by atoms with van der Waals surface area (Å²) in [6.45, 7) is 2.02. The molecule has 0 radical (unpaired) electrons. The van der Waals surface area contributed by atoms with E-state index >= 15 is 0 Å². The second-order valence-corrected chi connectivity index (χ2v) is 3.81. The third kappa shape index (κ3) is 2.53. The molecule has 0 bridgehead atoms. The molecule has 2 rings (SSSR count). The van der Waals surface area contributed by atoms with E-state index in [1.807, 2.05) is 0 Å². The van der Waals surface area contributed by atoms with Gasteiger partial charge in [0.25, 0.3) is 5.78 Å². The van der Waals surface area contributed by atoms with Crippen molar-refractivity contribution in [3.63, 3.8) is 0 Å². The van der Waals surface area contributed by atoms with Gasteiger partial charge in [-0.3, -0.25) is 4.79 Å². The molecule has 0 aliphatic carbocycles. The lowest BCUT2D eigenvalue weighted by Crippen LogP contribution is -2.19. The third-order valence-electron chi connectivity index (χ3n) is 2.64. The van der Waals surface area contributed by atoms with E-state index in [9.17, 15) is 9.59 Å². The fraction of sp³-hybridized carbons (Fsp3) is 0.385. The predicted molar refractivity (Wildman–Crippen MR) is 64.2 cm³/mol. The van der Waals surface area contributed by atoms with Crippen LogP contribution in [0.2, 0.25) is 0 Å². The maximum absolute atomic E-state index is 12.0. The van der Waals surface area contributed by atoms with Crippen molar-refractivity contribution in [2.24, 2.45) is 0 Å². The van der Waals surface area contributed by atoms with Crippen LogP contribution in [-0.4, -0.2) is 32.3 Å². The van der Waals surface area contributed by atoms with Gasteiger partial charge in [-0.1, -0.05) is 0 Å². The molecule has 0 amide bonds. The van der Waals surface area contributed by atoms with Gasteiger partial charge in [-0.25, -0.2) is 4.79 Å². The largest absolute Gasteiger partial charge is 0.460 e. The second kappa shape index (κ2) is 5.71. The molecule has 0 N–H and O–H groups in total. The van der Waals surface area contributed by atoms with Gasteiger partial charge in [0, 0.05) is 18.2 Å². The zero-order valence-corrected chi connectivity index (χ0v) is 10.7. The first-order valence-electron chi connectivity index (χ1n) is 5.80. The molecule has 0 spiro atoms. The van der Waals surface area contributed by atoms with Crippen molar-refractivity contribution < 1.29 is 28.5 Å². The van der Waals surface area contributed by atoms with Crippen LogP contribution in [0.3, 0.4) is 0 Å². The Hall–Kier alpha value is -2.08. The van der Waals surface area contributed by atoms with Crippen LogP contribution < -0.4 is 9.47 Å². The van der Waals surface area contributed by atoms with Crippen LogP contribution >= 0.6 is 0 Å². The summed E-state index contributed by atoms with van der Waals surface area (Å²) >= 11 is 0. The Kier molecular flexibility index (Phi) is 4.01. The number of esters is 1. The first-order valence-corrected chi connectivity index (χ1v) is 5.80. The van der Waals surface area contributed by atoms with Gasteiger partial charge in [0.1, 0.15) is 0 Å². The van der Waals surface area contributed by atoms with Crippen molar-refractivity contribution in [3.8, 4) is 11.5 Å². The van der Waals surface area contributed by atoms with Crippen LogP contribution in [0.25, 0.3) is 0 Å². The maximum atomic E-state index is 12.0. The van der Waals surface area contributed by atoms with Gasteiger partial charge in [-0.2, -0.15) is 0 Å². The lowest BCUT2D eigenvalue weighted by molar-refractivity contribution is -0.137. The Morgan fingerprint density at radius 1 is 1.32 bits per heavy atom. The van der Waals surface area contributed by atoms with Gasteiger partial charge in [-0.05, 0) is 19.1 Å². The number of carbonyl (C=O) groups excluding carboxylic acids is 2. The van der Waals surface area contributed by atoms with Crippen molar-refractivity contribution in [1.82, 2.24) is 0 Å². The summed E-state index contributed by atoms with van der Waals surface area (Å²) in [6, 6.07) is 3.11. The van der Waals surface area contributed by atoms with E-state index in [0.29, 0.717) is 17.1 Å². The SMILES string of the molecule is CCOC(=O)C(=O)c1ccc2c(c1COC)OCO2. The number of methoxy groups -OCH3 is 1. The monoisotopic (exact) mass is 266 g/mol. The second-order valence-electron chi connectivity index (χ2n) is 3.81. The number of ether oxygens (including phenoxy) is 4. The molecule has 0 saturated heterocycles. The Morgan fingerprint density at radius 2 is 2.11 bits per heavy atom. The number of hydrogen-bond donors (Lipinski definition) is 0. The molecule has 1 heterocycles. The Bertz CT molecular complexity index is 508. The van der Waals surface area contributed by atoms with Gasteiger partial charge in [-0.15, -0.1) is 0 Å². The quantitative estimate of drug-likeness (QED) is 0.454. The Morgan fingerprint density at radius 3 is 2.79 bits per heavy atom. The normalized spacial score (nSPS) is 12.3. The van der Waals surface area contributed by atoms with Gasteiger partial charge < -0.3 is 18.9 Å². The minimum atomic E-state index is -0.890. The third-order valence-corrected chi connectivity index (χ3v) is 2.64. The van der Waals surface area contributed by atoms with Crippen LogP contribution in [0.4, 0.5) is 0 Å². The van der Waals surface area contributed by atoms with E-state index < -0.39 is 11.8 Å². The first-order chi connectivity index (χ1) is 9.19. The van der Waals surface area contributed by atoms with Crippen LogP contribution in [0, 0.1) is 0 Å². The molecule has 6 heteroatoms. The van der Waals surface area contributed by atoms with Crippen molar-refractivity contribution in [2.75, 3.05) is 20.5 Å². The van der Waals surface area contributed by atoms with E-state index in [0.717, 1.165) is 0 Å². The molecule has 6 nitrogen and oxygen atoms in total. The minimum Gasteiger partial charge on any atom is -0.460 e. The lowest BCUT2D eigenvalue weighted by atomic mass is 10.0. The molecule has 102 valence electrons. The summed E-state index contributed by atoms with van der Waals surface area (Å²) in [5.74, 6) is -0.629. The highest BCUT2D eigenvalue weighted by Crippen LogP contribution is 2.38. The van der Waals surface area contributed by atoms with Crippen molar-refractivity contribution in [1.29, 1.82) is 0 Å². The highest BCUT2D eigenvalue weighted by molar-refractivity contribution is 6.41. The van der Waals surface area contributed by atoms with Crippen molar-refractivity contribution in [3.05, 3.63) is 23.3 Å². The highest BCUT2D eigenvalue weighted by atomic mass is 16.7. The molecule has 0 fully saturated rings. The molecule has 1 aliphatic rings. The Labute approximate surface area is 110 Å². The van der Waals surface area contributed by atoms with Gasteiger partial charge in [0.2, 0.25) is 6.79 Å². The fourth-order valence-corrected chi connectivity index (χ4v) is 1.84. The topological polar surface area (TPSA) is 71.1 Å². The molecule has 0 unspecified atom stereocenters. The van der Waals surface area contributed by atoms with Crippen LogP contribution in [-0.2, 0) is 20.9 Å². The average Bonchev–Trinajstić information content (AvgIpc) is 2.87. The molecule has 0 aromatic heterocycles. The summed E-state index contributed by atoms with van der Waals surface area (Å²) in [7, 11) is 1.49. The number of rotatable bonds is 5. The average molecular weight is 266 g/mol. The molecular weight excluding hydrogens is 252 g/mol. The molecule has 1 aromatic rings. The van der Waals surface area contributed by atoms with Gasteiger partial charge >= 0.3 is 5.97 Å². The van der Waals surface area contributed by atoms with Crippen LogP contribution in [0.5, 0.6) is 11.5 Å². The van der Waals surface area contributed by atoms with E-state index in [2.05, 4.69) is 0 Å². The minimum absolute atomic E-state index is 0.0864. The number of ketones is 1. The number of carbonyl (C=O) groups is 2. The van der Waals surface area contributed by atoms with E-state index in [4.69, 9.17) is 18.9 Å². The number of fused-ring (bicyclic) bond motifs is 1. The Balaban J connectivity index is 2.40. The van der Waals surface area contributed by atoms with Crippen LogP contribution in [0.15, 0.2) is 12.1 Å². The lowest BCUT2D eigenvalue weighted by Gasteiger charge is -2.10. The number of benzene rings is 1. The molecule has 1 aromatic carbocycles. The summed E-state index contributed by atoms with van der Waals surface area (Å²) in [6.07, 6.45) is 0. The molecule has 19 heavy (non-hydrogen) atoms.